The Balaban J connectivity index is 3.99. The van der Waals surface area contributed by atoms with Crippen LogP contribution in [0.4, 0.5) is 4.39 Å². The molecule has 6 heteroatoms. The van der Waals surface area contributed by atoms with Gasteiger partial charge >= 0.3 is 0 Å². The Kier molecular flexibility index (Phi) is 5.27. The second-order valence-corrected chi connectivity index (χ2v) is 2.49. The minimum Gasteiger partial charge on any atom is -0.394 e. The molecule has 0 aliphatic carbocycles. The Morgan fingerprint density at radius 1 is 1.17 bits per heavy atom. The van der Waals surface area contributed by atoms with Gasteiger partial charge in [0.1, 0.15) is 12.2 Å². The van der Waals surface area contributed by atoms with Gasteiger partial charge in [-0.15, -0.1) is 0 Å². The van der Waals surface area contributed by atoms with Crippen molar-refractivity contribution in [2.24, 2.45) is 5.73 Å². The molecule has 12 heavy (non-hydrogen) atoms. The van der Waals surface area contributed by atoms with E-state index in [-0.39, 0.29) is 6.54 Å². The van der Waals surface area contributed by atoms with Crippen LogP contribution in [0, 0.1) is 0 Å². The molecule has 0 aromatic carbocycles. The van der Waals surface area contributed by atoms with Crippen LogP contribution in [0.1, 0.15) is 0 Å². The number of alkyl halides is 1. The smallest absolute Gasteiger partial charge is 0.156 e. The minimum atomic E-state index is -2.09. The zero-order chi connectivity index (χ0) is 9.72. The van der Waals surface area contributed by atoms with E-state index < -0.39 is 31.1 Å². The fourth-order valence-corrected chi connectivity index (χ4v) is 0.680. The van der Waals surface area contributed by atoms with Gasteiger partial charge in [-0.2, -0.15) is 0 Å². The van der Waals surface area contributed by atoms with Crippen molar-refractivity contribution >= 4 is 0 Å². The summed E-state index contributed by atoms with van der Waals surface area (Å²) in [5, 5.41) is 34.7. The summed E-state index contributed by atoms with van der Waals surface area (Å²) < 4.78 is 12.8. The molecule has 6 N–H and O–H groups in total. The number of hydrogen-bond acceptors (Lipinski definition) is 5. The van der Waals surface area contributed by atoms with Gasteiger partial charge in [-0.1, -0.05) is 0 Å². The molecular weight excluding hydrogens is 169 g/mol. The summed E-state index contributed by atoms with van der Waals surface area (Å²) in [6.07, 6.45) is -6.98. The molecule has 0 radical (unpaired) electrons. The summed E-state index contributed by atoms with van der Waals surface area (Å²) in [7, 11) is 0. The molecule has 0 saturated heterocycles. The molecule has 0 fully saturated rings. The van der Waals surface area contributed by atoms with Crippen molar-refractivity contribution in [3.63, 3.8) is 0 Å². The summed E-state index contributed by atoms with van der Waals surface area (Å²) in [6.45, 7) is -1.12. The first kappa shape index (κ1) is 11.7. The fraction of sp³-hybridized carbons (Fsp3) is 1.00. The van der Waals surface area contributed by atoms with E-state index in [1.807, 2.05) is 0 Å². The first-order valence-corrected chi connectivity index (χ1v) is 3.53. The van der Waals surface area contributed by atoms with Crippen molar-refractivity contribution in [3.05, 3.63) is 0 Å². The van der Waals surface area contributed by atoms with Gasteiger partial charge in [0.2, 0.25) is 0 Å². The highest BCUT2D eigenvalue weighted by Crippen LogP contribution is 2.08. The molecule has 0 heterocycles. The van der Waals surface area contributed by atoms with E-state index in [0.717, 1.165) is 0 Å². The lowest BCUT2D eigenvalue weighted by Gasteiger charge is -2.22. The van der Waals surface area contributed by atoms with Crippen molar-refractivity contribution in [2.45, 2.75) is 24.5 Å². The molecule has 0 aliphatic heterocycles. The monoisotopic (exact) mass is 183 g/mol. The van der Waals surface area contributed by atoms with Crippen molar-refractivity contribution in [2.75, 3.05) is 13.2 Å². The second kappa shape index (κ2) is 5.39. The Labute approximate surface area is 69.2 Å². The quantitative estimate of drug-likeness (QED) is 0.320. The van der Waals surface area contributed by atoms with Crippen LogP contribution in [0.2, 0.25) is 0 Å². The summed E-state index contributed by atoms with van der Waals surface area (Å²) in [5.74, 6) is 0. The molecule has 74 valence electrons. The fourth-order valence-electron chi connectivity index (χ4n) is 0.680. The number of hydrogen-bond donors (Lipinski definition) is 5. The molecule has 0 spiro atoms. The molecule has 0 bridgehead atoms. The molecule has 0 saturated carbocycles. The van der Waals surface area contributed by atoms with Crippen LogP contribution in [0.25, 0.3) is 0 Å². The molecule has 0 rings (SSSR count). The van der Waals surface area contributed by atoms with Crippen LogP contribution in [-0.2, 0) is 0 Å². The number of rotatable bonds is 5. The van der Waals surface area contributed by atoms with Crippen LogP contribution in [0.3, 0.4) is 0 Å². The standard InChI is InChI=1S/C6H14FNO4/c7-5(4(11)2-9)6(12)3(10)1-8/h3-6,9-12H,1-2,8H2/t3-,4+,5+,6+/m0/s1. The normalized spacial score (nSPS) is 21.5. The van der Waals surface area contributed by atoms with Gasteiger partial charge in [0, 0.05) is 6.54 Å². The molecule has 4 atom stereocenters. The zero-order valence-corrected chi connectivity index (χ0v) is 6.47. The third-order valence-electron chi connectivity index (χ3n) is 1.52. The first-order chi connectivity index (χ1) is 5.54. The van der Waals surface area contributed by atoms with E-state index >= 15 is 0 Å². The van der Waals surface area contributed by atoms with E-state index in [1.54, 1.807) is 0 Å². The predicted molar refractivity (Wildman–Crippen MR) is 39.1 cm³/mol. The summed E-state index contributed by atoms with van der Waals surface area (Å²) >= 11 is 0. The SMILES string of the molecule is NC[C@H](O)[C@@H](O)[C@H](F)[C@H](O)CO. The average Bonchev–Trinajstić information content (AvgIpc) is 2.12. The van der Waals surface area contributed by atoms with E-state index in [2.05, 4.69) is 0 Å². The van der Waals surface area contributed by atoms with Gasteiger partial charge in [-0.05, 0) is 0 Å². The minimum absolute atomic E-state index is 0.306. The molecule has 0 unspecified atom stereocenters. The van der Waals surface area contributed by atoms with Gasteiger partial charge in [0.25, 0.3) is 0 Å². The Bertz CT molecular complexity index is 112. The van der Waals surface area contributed by atoms with Crippen LogP contribution in [-0.4, -0.2) is 58.1 Å². The lowest BCUT2D eigenvalue weighted by Crippen LogP contribution is -2.45. The lowest BCUT2D eigenvalue weighted by atomic mass is 10.1. The summed E-state index contributed by atoms with van der Waals surface area (Å²) in [6, 6.07) is 0. The van der Waals surface area contributed by atoms with Crippen LogP contribution >= 0.6 is 0 Å². The van der Waals surface area contributed by atoms with Gasteiger partial charge in [-0.3, -0.25) is 0 Å². The molecule has 0 aliphatic rings. The topological polar surface area (TPSA) is 107 Å². The molecule has 0 aromatic rings. The highest BCUT2D eigenvalue weighted by Gasteiger charge is 2.30. The average molecular weight is 183 g/mol. The molecular formula is C6H14FNO4. The summed E-state index contributed by atoms with van der Waals surface area (Å²) in [4.78, 5) is 0. The van der Waals surface area contributed by atoms with Gasteiger partial charge in [0.15, 0.2) is 6.17 Å². The van der Waals surface area contributed by atoms with E-state index in [4.69, 9.17) is 26.2 Å². The van der Waals surface area contributed by atoms with Gasteiger partial charge in [-0.25, -0.2) is 4.39 Å². The van der Waals surface area contributed by atoms with Crippen LogP contribution in [0.5, 0.6) is 0 Å². The summed E-state index contributed by atoms with van der Waals surface area (Å²) in [5.41, 5.74) is 4.93. The lowest BCUT2D eigenvalue weighted by molar-refractivity contribution is -0.0787. The van der Waals surface area contributed by atoms with E-state index in [9.17, 15) is 4.39 Å². The Morgan fingerprint density at radius 3 is 2.00 bits per heavy atom. The van der Waals surface area contributed by atoms with Crippen LogP contribution < -0.4 is 5.73 Å². The maximum atomic E-state index is 12.8. The van der Waals surface area contributed by atoms with E-state index in [1.165, 1.54) is 0 Å². The number of aliphatic hydroxyl groups excluding tert-OH is 4. The van der Waals surface area contributed by atoms with Crippen molar-refractivity contribution in [1.82, 2.24) is 0 Å². The third kappa shape index (κ3) is 3.00. The van der Waals surface area contributed by atoms with Crippen molar-refractivity contribution < 1.29 is 24.8 Å². The van der Waals surface area contributed by atoms with Crippen molar-refractivity contribution in [3.8, 4) is 0 Å². The highest BCUT2D eigenvalue weighted by atomic mass is 19.1. The highest BCUT2D eigenvalue weighted by molar-refractivity contribution is 4.81. The number of aliphatic hydroxyl groups is 4. The largest absolute Gasteiger partial charge is 0.394 e. The Morgan fingerprint density at radius 2 is 1.67 bits per heavy atom. The first-order valence-electron chi connectivity index (χ1n) is 3.53. The maximum absolute atomic E-state index is 12.8. The Hall–Kier alpha value is -0.270. The number of nitrogens with two attached hydrogens (primary N) is 1. The molecule has 5 nitrogen and oxygen atoms in total. The second-order valence-electron chi connectivity index (χ2n) is 2.49. The van der Waals surface area contributed by atoms with Gasteiger partial charge < -0.3 is 26.2 Å². The molecule has 0 aromatic heterocycles. The predicted octanol–water partition coefficient (Wildman–Crippen LogP) is -2.64. The molecule has 0 amide bonds. The number of halogens is 1. The van der Waals surface area contributed by atoms with Crippen molar-refractivity contribution in [1.29, 1.82) is 0 Å². The van der Waals surface area contributed by atoms with E-state index in [0.29, 0.717) is 0 Å². The third-order valence-corrected chi connectivity index (χ3v) is 1.52. The maximum Gasteiger partial charge on any atom is 0.156 e. The zero-order valence-electron chi connectivity index (χ0n) is 6.47. The van der Waals surface area contributed by atoms with Gasteiger partial charge in [0.05, 0.1) is 12.7 Å². The van der Waals surface area contributed by atoms with Crippen LogP contribution in [0.15, 0.2) is 0 Å².